The van der Waals surface area contributed by atoms with Gasteiger partial charge in [-0.1, -0.05) is 29.8 Å². The first-order valence-electron chi connectivity index (χ1n) is 10.5. The molecule has 0 bridgehead atoms. The van der Waals surface area contributed by atoms with Crippen molar-refractivity contribution in [2.24, 2.45) is 0 Å². The Bertz CT molecular complexity index is 1310. The van der Waals surface area contributed by atoms with Crippen molar-refractivity contribution >= 4 is 40.0 Å². The van der Waals surface area contributed by atoms with Crippen molar-refractivity contribution in [3.05, 3.63) is 76.2 Å². The van der Waals surface area contributed by atoms with Crippen LogP contribution in [0.2, 0.25) is 5.02 Å². The van der Waals surface area contributed by atoms with E-state index in [4.69, 9.17) is 11.6 Å². The van der Waals surface area contributed by atoms with Crippen LogP contribution in [0.4, 0.5) is 17.3 Å². The number of benzene rings is 2. The third kappa shape index (κ3) is 4.04. The molecule has 5 rings (SSSR count). The lowest BCUT2D eigenvalue weighted by molar-refractivity contribution is 0.313. The summed E-state index contributed by atoms with van der Waals surface area (Å²) in [6.45, 7) is 4.20. The zero-order chi connectivity index (χ0) is 22.1. The number of likely N-dealkylation sites (N-methyl/N-ethyl adjacent to an activating group) is 1. The molecule has 0 aliphatic carbocycles. The summed E-state index contributed by atoms with van der Waals surface area (Å²) in [6.07, 6.45) is 3.19. The Kier molecular flexibility index (Phi) is 5.51. The molecular weight excluding hydrogens is 424 g/mol. The van der Waals surface area contributed by atoms with Crippen LogP contribution in [-0.2, 0) is 0 Å². The topological polar surface area (TPSA) is 77.1 Å². The first-order valence-corrected chi connectivity index (χ1v) is 10.9. The van der Waals surface area contributed by atoms with Gasteiger partial charge in [0.15, 0.2) is 5.43 Å². The summed E-state index contributed by atoms with van der Waals surface area (Å²) in [5.74, 6) is 0.422. The molecule has 0 atom stereocenters. The number of nitrogens with zero attached hydrogens (tertiary/aromatic N) is 4. The van der Waals surface area contributed by atoms with Crippen LogP contribution >= 0.6 is 11.6 Å². The number of pyridine rings is 1. The van der Waals surface area contributed by atoms with Crippen molar-refractivity contribution in [2.75, 3.05) is 43.4 Å². The molecule has 0 unspecified atom stereocenters. The van der Waals surface area contributed by atoms with Crippen LogP contribution in [0.3, 0.4) is 0 Å². The molecular formula is C24H23ClN6O. The summed E-state index contributed by atoms with van der Waals surface area (Å²) in [7, 11) is 2.15. The second-order valence-corrected chi connectivity index (χ2v) is 8.34. The van der Waals surface area contributed by atoms with Crippen molar-refractivity contribution in [1.82, 2.24) is 19.9 Å². The van der Waals surface area contributed by atoms with Crippen molar-refractivity contribution in [2.45, 2.75) is 0 Å². The van der Waals surface area contributed by atoms with Gasteiger partial charge in [0.05, 0.1) is 5.39 Å². The lowest BCUT2D eigenvalue weighted by Gasteiger charge is -2.34. The molecule has 0 saturated carbocycles. The minimum atomic E-state index is -0.157. The van der Waals surface area contributed by atoms with E-state index < -0.39 is 0 Å². The van der Waals surface area contributed by atoms with E-state index in [1.165, 1.54) is 5.69 Å². The summed E-state index contributed by atoms with van der Waals surface area (Å²) in [5, 5.41) is 4.16. The molecule has 1 saturated heterocycles. The average molecular weight is 447 g/mol. The molecule has 1 fully saturated rings. The Morgan fingerprint density at radius 3 is 2.50 bits per heavy atom. The highest BCUT2D eigenvalue weighted by molar-refractivity contribution is 6.33. The number of halogens is 1. The molecule has 162 valence electrons. The molecule has 2 aromatic carbocycles. The number of rotatable bonds is 4. The summed E-state index contributed by atoms with van der Waals surface area (Å²) in [4.78, 5) is 29.6. The Balaban J connectivity index is 1.37. The fourth-order valence-corrected chi connectivity index (χ4v) is 4.14. The van der Waals surface area contributed by atoms with Gasteiger partial charge in [-0.3, -0.25) is 4.79 Å². The minimum Gasteiger partial charge on any atom is -0.369 e. The van der Waals surface area contributed by atoms with Gasteiger partial charge in [-0.2, -0.15) is 4.98 Å². The number of aromatic nitrogens is 3. The average Bonchev–Trinajstić information content (AvgIpc) is 2.81. The Hall–Kier alpha value is -3.42. The molecule has 2 aromatic heterocycles. The van der Waals surface area contributed by atoms with Gasteiger partial charge < -0.3 is 20.1 Å². The van der Waals surface area contributed by atoms with Crippen molar-refractivity contribution in [1.29, 1.82) is 0 Å². The molecule has 1 aliphatic rings. The van der Waals surface area contributed by atoms with Crippen LogP contribution in [0, 0.1) is 0 Å². The van der Waals surface area contributed by atoms with E-state index >= 15 is 0 Å². The molecule has 2 N–H and O–H groups in total. The van der Waals surface area contributed by atoms with E-state index in [-0.39, 0.29) is 5.43 Å². The summed E-state index contributed by atoms with van der Waals surface area (Å²) in [5.41, 5.74) is 3.58. The molecule has 3 heterocycles. The number of H-pyrrole nitrogens is 1. The number of nitrogens with one attached hydrogen (secondary N) is 2. The summed E-state index contributed by atoms with van der Waals surface area (Å²) < 4.78 is 0. The second-order valence-electron chi connectivity index (χ2n) is 7.93. The van der Waals surface area contributed by atoms with Gasteiger partial charge in [0.25, 0.3) is 0 Å². The second kappa shape index (κ2) is 8.61. The van der Waals surface area contributed by atoms with Gasteiger partial charge >= 0.3 is 0 Å². The predicted octanol–water partition coefficient (Wildman–Crippen LogP) is 4.13. The summed E-state index contributed by atoms with van der Waals surface area (Å²) >= 11 is 6.27. The first-order chi connectivity index (χ1) is 15.6. The highest BCUT2D eigenvalue weighted by atomic mass is 35.5. The van der Waals surface area contributed by atoms with Crippen LogP contribution in [0.15, 0.2) is 65.7 Å². The maximum atomic E-state index is 13.0. The molecule has 0 amide bonds. The van der Waals surface area contributed by atoms with E-state index in [1.54, 1.807) is 18.5 Å². The molecule has 32 heavy (non-hydrogen) atoms. The monoisotopic (exact) mass is 446 g/mol. The number of hydrogen-bond acceptors (Lipinski definition) is 6. The number of hydrogen-bond donors (Lipinski definition) is 2. The SMILES string of the molecule is CN1CCN(c2ccc(Nc3ncc4c(=O)c(-c5ccccc5Cl)c[nH]c4n3)cc2)CC1. The Morgan fingerprint density at radius 2 is 1.75 bits per heavy atom. The molecule has 0 spiro atoms. The minimum absolute atomic E-state index is 0.157. The van der Waals surface area contributed by atoms with Crippen LogP contribution < -0.4 is 15.6 Å². The lowest BCUT2D eigenvalue weighted by Crippen LogP contribution is -2.44. The van der Waals surface area contributed by atoms with Gasteiger partial charge in [-0.25, -0.2) is 4.98 Å². The quantitative estimate of drug-likeness (QED) is 0.490. The fourth-order valence-electron chi connectivity index (χ4n) is 3.90. The molecule has 4 aromatic rings. The third-order valence-electron chi connectivity index (χ3n) is 5.79. The number of fused-ring (bicyclic) bond motifs is 1. The zero-order valence-electron chi connectivity index (χ0n) is 17.7. The molecule has 7 nitrogen and oxygen atoms in total. The standard InChI is InChI=1S/C24H23ClN6O/c1-30-10-12-31(13-11-30)17-8-6-16(7-9-17)28-24-27-15-20-22(32)19(14-26-23(20)29-24)18-4-2-3-5-21(18)25/h2-9,14-15H,10-13H2,1H3,(H2,26,27,28,29,32). The zero-order valence-corrected chi connectivity index (χ0v) is 18.4. The van der Waals surface area contributed by atoms with Gasteiger partial charge in [-0.15, -0.1) is 0 Å². The third-order valence-corrected chi connectivity index (χ3v) is 6.12. The molecule has 8 heteroatoms. The fraction of sp³-hybridized carbons (Fsp3) is 0.208. The van der Waals surface area contributed by atoms with E-state index in [1.807, 2.05) is 30.3 Å². The van der Waals surface area contributed by atoms with Crippen molar-refractivity contribution < 1.29 is 0 Å². The van der Waals surface area contributed by atoms with Gasteiger partial charge in [0.1, 0.15) is 5.65 Å². The van der Waals surface area contributed by atoms with E-state index in [0.29, 0.717) is 33.1 Å². The van der Waals surface area contributed by atoms with E-state index in [0.717, 1.165) is 31.9 Å². The highest BCUT2D eigenvalue weighted by Gasteiger charge is 2.15. The number of aromatic amines is 1. The van der Waals surface area contributed by atoms with Crippen LogP contribution in [-0.4, -0.2) is 53.1 Å². The Morgan fingerprint density at radius 1 is 1.00 bits per heavy atom. The van der Waals surface area contributed by atoms with E-state index in [2.05, 4.69) is 49.2 Å². The predicted molar refractivity (Wildman–Crippen MR) is 130 cm³/mol. The van der Waals surface area contributed by atoms with Gasteiger partial charge in [0.2, 0.25) is 5.95 Å². The Labute approximate surface area is 190 Å². The van der Waals surface area contributed by atoms with Crippen LogP contribution in [0.25, 0.3) is 22.2 Å². The maximum absolute atomic E-state index is 13.0. The normalized spacial score (nSPS) is 14.6. The van der Waals surface area contributed by atoms with Crippen molar-refractivity contribution in [3.63, 3.8) is 0 Å². The van der Waals surface area contributed by atoms with E-state index in [9.17, 15) is 4.79 Å². The lowest BCUT2D eigenvalue weighted by atomic mass is 10.1. The summed E-state index contributed by atoms with van der Waals surface area (Å²) in [6, 6.07) is 15.5. The molecule has 0 radical (unpaired) electrons. The van der Waals surface area contributed by atoms with Crippen LogP contribution in [0.5, 0.6) is 0 Å². The smallest absolute Gasteiger partial charge is 0.229 e. The number of anilines is 3. The highest BCUT2D eigenvalue weighted by Crippen LogP contribution is 2.26. The van der Waals surface area contributed by atoms with Crippen molar-refractivity contribution in [3.8, 4) is 11.1 Å². The van der Waals surface area contributed by atoms with Gasteiger partial charge in [-0.05, 0) is 37.4 Å². The maximum Gasteiger partial charge on any atom is 0.229 e. The molecule has 1 aliphatic heterocycles. The van der Waals surface area contributed by atoms with Crippen LogP contribution in [0.1, 0.15) is 0 Å². The largest absolute Gasteiger partial charge is 0.369 e. The number of piperazine rings is 1. The van der Waals surface area contributed by atoms with Gasteiger partial charge in [0, 0.05) is 66.1 Å². The first kappa shape index (κ1) is 20.5.